The maximum absolute atomic E-state index is 13.1. The van der Waals surface area contributed by atoms with Crippen molar-refractivity contribution in [3.63, 3.8) is 0 Å². The number of anilines is 1. The van der Waals surface area contributed by atoms with Crippen molar-refractivity contribution in [1.29, 1.82) is 0 Å². The number of Topliss-reactive ketones (excluding diaryl/α,β-unsaturated/α-hetero) is 1. The van der Waals surface area contributed by atoms with Crippen LogP contribution in [-0.2, 0) is 19.6 Å². The number of sulfonamides is 1. The van der Waals surface area contributed by atoms with Gasteiger partial charge in [-0.15, -0.1) is 0 Å². The van der Waals surface area contributed by atoms with Crippen LogP contribution in [0.15, 0.2) is 53.7 Å². The molecule has 2 aliphatic heterocycles. The lowest BCUT2D eigenvalue weighted by atomic mass is 10.0. The van der Waals surface area contributed by atoms with Crippen LogP contribution in [0.5, 0.6) is 0 Å². The van der Waals surface area contributed by atoms with Crippen LogP contribution in [0.2, 0.25) is 0 Å². The molecule has 0 spiro atoms. The van der Waals surface area contributed by atoms with Crippen LogP contribution in [0.25, 0.3) is 0 Å². The van der Waals surface area contributed by atoms with E-state index < -0.39 is 22.1 Å². The molecule has 39 heavy (non-hydrogen) atoms. The zero-order chi connectivity index (χ0) is 28.2. The summed E-state index contributed by atoms with van der Waals surface area (Å²) in [7, 11) is -3.86. The normalized spacial score (nSPS) is 20.1. The van der Waals surface area contributed by atoms with Gasteiger partial charge >= 0.3 is 0 Å². The van der Waals surface area contributed by atoms with E-state index in [1.54, 1.807) is 4.90 Å². The molecule has 2 saturated heterocycles. The number of aromatic nitrogens is 1. The fourth-order valence-corrected chi connectivity index (χ4v) is 7.09. The molecule has 1 N–H and O–H groups in total. The molecule has 11 heteroatoms. The summed E-state index contributed by atoms with van der Waals surface area (Å²) in [5.74, 6) is -0.593. The van der Waals surface area contributed by atoms with Gasteiger partial charge in [0.1, 0.15) is 6.04 Å². The van der Waals surface area contributed by atoms with Gasteiger partial charge in [0.25, 0.3) is 5.91 Å². The number of nitrogens with zero attached hydrogens (tertiary/aromatic N) is 4. The molecular weight excluding hydrogens is 518 g/mol. The lowest BCUT2D eigenvalue weighted by Crippen LogP contribution is -2.44. The average Bonchev–Trinajstić information content (AvgIpc) is 3.51. The van der Waals surface area contributed by atoms with Crippen LogP contribution in [0.4, 0.5) is 5.69 Å². The quantitative estimate of drug-likeness (QED) is 0.452. The molecule has 1 aromatic heterocycles. The van der Waals surface area contributed by atoms with E-state index in [4.69, 9.17) is 0 Å². The SMILES string of the molecule is CCN(CC)c1ccc(C(=O)NCCC(C)CC(=O)N2CCC3C2C(=O)CN3S(=O)(=O)c2ccncc2)cc1. The molecule has 0 aliphatic carbocycles. The number of carbonyl (C=O) groups is 3. The van der Waals surface area contributed by atoms with Crippen molar-refractivity contribution in [2.45, 2.75) is 57.0 Å². The standard InChI is InChI=1S/C28H37N5O5S/c1-4-31(5-2)22-8-6-21(7-9-22)28(36)30-16-10-20(3)18-26(35)32-17-13-24-27(32)25(34)19-33(24)39(37,38)23-11-14-29-15-12-23/h6-9,11-12,14-15,20,24,27H,4-5,10,13,16-19H2,1-3H3,(H,30,36). The van der Waals surface area contributed by atoms with E-state index in [2.05, 4.69) is 29.0 Å². The second-order valence-corrected chi connectivity index (χ2v) is 12.1. The number of benzene rings is 1. The number of pyridine rings is 1. The van der Waals surface area contributed by atoms with Gasteiger partial charge in [0.2, 0.25) is 15.9 Å². The zero-order valence-electron chi connectivity index (χ0n) is 22.7. The Bertz CT molecular complexity index is 1280. The molecule has 2 aromatic rings. The van der Waals surface area contributed by atoms with Gasteiger partial charge in [-0.3, -0.25) is 19.4 Å². The van der Waals surface area contributed by atoms with Crippen LogP contribution >= 0.6 is 0 Å². The summed E-state index contributed by atoms with van der Waals surface area (Å²) < 4.78 is 27.5. The smallest absolute Gasteiger partial charge is 0.251 e. The number of hydrogen-bond donors (Lipinski definition) is 1. The van der Waals surface area contributed by atoms with Gasteiger partial charge in [0.15, 0.2) is 5.78 Å². The zero-order valence-corrected chi connectivity index (χ0v) is 23.6. The first kappa shape index (κ1) is 28.7. The Balaban J connectivity index is 1.28. The Labute approximate surface area is 230 Å². The predicted octanol–water partition coefficient (Wildman–Crippen LogP) is 2.32. The Morgan fingerprint density at radius 3 is 2.41 bits per heavy atom. The summed E-state index contributed by atoms with van der Waals surface area (Å²) in [6, 6.07) is 9.04. The van der Waals surface area contributed by atoms with Gasteiger partial charge in [-0.05, 0) is 69.0 Å². The summed E-state index contributed by atoms with van der Waals surface area (Å²) in [5, 5.41) is 2.92. The molecule has 10 nitrogen and oxygen atoms in total. The third kappa shape index (κ3) is 6.14. The van der Waals surface area contributed by atoms with Gasteiger partial charge in [-0.25, -0.2) is 8.42 Å². The van der Waals surface area contributed by atoms with Gasteiger partial charge in [0, 0.05) is 56.2 Å². The number of ketones is 1. The van der Waals surface area contributed by atoms with Gasteiger partial charge < -0.3 is 15.1 Å². The maximum atomic E-state index is 13.1. The van der Waals surface area contributed by atoms with Crippen LogP contribution in [0.1, 0.15) is 50.4 Å². The molecule has 0 bridgehead atoms. The predicted molar refractivity (Wildman–Crippen MR) is 148 cm³/mol. The van der Waals surface area contributed by atoms with Gasteiger partial charge in [0.05, 0.1) is 17.5 Å². The van der Waals surface area contributed by atoms with Crippen molar-refractivity contribution in [2.24, 2.45) is 5.92 Å². The van der Waals surface area contributed by atoms with E-state index in [0.29, 0.717) is 31.5 Å². The van der Waals surface area contributed by atoms with Gasteiger partial charge in [-0.2, -0.15) is 4.31 Å². The molecule has 0 saturated carbocycles. The highest BCUT2D eigenvalue weighted by Crippen LogP contribution is 2.34. The Kier molecular flexibility index (Phi) is 9.01. The van der Waals surface area contributed by atoms with Crippen LogP contribution < -0.4 is 10.2 Å². The monoisotopic (exact) mass is 555 g/mol. The first-order valence-corrected chi connectivity index (χ1v) is 15.0. The van der Waals surface area contributed by atoms with Crippen molar-refractivity contribution < 1.29 is 22.8 Å². The van der Waals surface area contributed by atoms with Crippen LogP contribution in [-0.4, -0.2) is 85.0 Å². The lowest BCUT2D eigenvalue weighted by Gasteiger charge is -2.25. The van der Waals surface area contributed by atoms with E-state index in [1.807, 2.05) is 31.2 Å². The minimum absolute atomic E-state index is 0.0185. The van der Waals surface area contributed by atoms with Crippen molar-refractivity contribution in [2.75, 3.05) is 37.6 Å². The van der Waals surface area contributed by atoms with E-state index in [1.165, 1.54) is 28.8 Å². The van der Waals surface area contributed by atoms with E-state index in [-0.39, 0.29) is 41.4 Å². The second-order valence-electron chi connectivity index (χ2n) is 10.2. The summed E-state index contributed by atoms with van der Waals surface area (Å²) in [5.41, 5.74) is 1.66. The van der Waals surface area contributed by atoms with Crippen LogP contribution in [0.3, 0.4) is 0 Å². The third-order valence-corrected chi connectivity index (χ3v) is 9.54. The molecule has 2 amide bonds. The summed E-state index contributed by atoms with van der Waals surface area (Å²) >= 11 is 0. The van der Waals surface area contributed by atoms with Crippen molar-refractivity contribution in [3.8, 4) is 0 Å². The van der Waals surface area contributed by atoms with Crippen molar-refractivity contribution in [3.05, 3.63) is 54.4 Å². The van der Waals surface area contributed by atoms with Crippen molar-refractivity contribution in [1.82, 2.24) is 19.5 Å². The van der Waals surface area contributed by atoms with Gasteiger partial charge in [-0.1, -0.05) is 6.92 Å². The minimum Gasteiger partial charge on any atom is -0.372 e. The lowest BCUT2D eigenvalue weighted by molar-refractivity contribution is -0.137. The Morgan fingerprint density at radius 1 is 1.10 bits per heavy atom. The Morgan fingerprint density at radius 2 is 1.77 bits per heavy atom. The van der Waals surface area contributed by atoms with Crippen molar-refractivity contribution >= 4 is 33.3 Å². The number of amides is 2. The number of hydrogen-bond acceptors (Lipinski definition) is 7. The average molecular weight is 556 g/mol. The largest absolute Gasteiger partial charge is 0.372 e. The highest BCUT2D eigenvalue weighted by Gasteiger charge is 2.53. The first-order valence-electron chi connectivity index (χ1n) is 13.5. The Hall–Kier alpha value is -3.31. The molecule has 3 atom stereocenters. The van der Waals surface area contributed by atoms with E-state index >= 15 is 0 Å². The third-order valence-electron chi connectivity index (χ3n) is 7.66. The van der Waals surface area contributed by atoms with E-state index in [9.17, 15) is 22.8 Å². The maximum Gasteiger partial charge on any atom is 0.251 e. The highest BCUT2D eigenvalue weighted by molar-refractivity contribution is 7.89. The molecule has 2 fully saturated rings. The fraction of sp³-hybridized carbons (Fsp3) is 0.500. The number of carbonyl (C=O) groups excluding carboxylic acids is 3. The molecule has 3 unspecified atom stereocenters. The number of likely N-dealkylation sites (tertiary alicyclic amines) is 1. The number of fused-ring (bicyclic) bond motifs is 1. The topological polar surface area (TPSA) is 120 Å². The molecule has 3 heterocycles. The molecule has 1 aromatic carbocycles. The highest BCUT2D eigenvalue weighted by atomic mass is 32.2. The molecule has 4 rings (SSSR count). The second kappa shape index (κ2) is 12.3. The molecular formula is C28H37N5O5S. The number of nitrogens with one attached hydrogen (secondary N) is 1. The summed E-state index contributed by atoms with van der Waals surface area (Å²) in [6.45, 7) is 8.45. The summed E-state index contributed by atoms with van der Waals surface area (Å²) in [6.07, 6.45) is 4.05. The fourth-order valence-electron chi connectivity index (χ4n) is 5.48. The number of rotatable bonds is 11. The minimum atomic E-state index is -3.86. The molecule has 0 radical (unpaired) electrons. The van der Waals surface area contributed by atoms with Crippen LogP contribution in [0, 0.1) is 5.92 Å². The molecule has 210 valence electrons. The first-order chi connectivity index (χ1) is 18.7. The molecule has 2 aliphatic rings. The summed E-state index contributed by atoms with van der Waals surface area (Å²) in [4.78, 5) is 46.2. The van der Waals surface area contributed by atoms with E-state index in [0.717, 1.165) is 18.8 Å².